The lowest BCUT2D eigenvalue weighted by Gasteiger charge is -2.20. The molecule has 0 radical (unpaired) electrons. The molecule has 6 heteroatoms. The van der Waals surface area contributed by atoms with Gasteiger partial charge in [0.2, 0.25) is 0 Å². The first-order valence-electron chi connectivity index (χ1n) is 6.49. The van der Waals surface area contributed by atoms with Gasteiger partial charge in [0.05, 0.1) is 16.2 Å². The molecule has 0 amide bonds. The number of nitrogens with zero attached hydrogens (tertiary/aromatic N) is 1. The maximum absolute atomic E-state index is 6.20. The van der Waals surface area contributed by atoms with Crippen LogP contribution in [0.4, 0.5) is 0 Å². The smallest absolute Gasteiger partial charge is 0.179 e. The van der Waals surface area contributed by atoms with E-state index in [2.05, 4.69) is 15.7 Å². The molecule has 0 atom stereocenters. The molecule has 106 valence electrons. The van der Waals surface area contributed by atoms with Gasteiger partial charge in [-0.3, -0.25) is 0 Å². The number of thiazole rings is 1. The SMILES string of the molecule is Clc1cc(CNCCc2cscn2)cc2c1OCCO2. The number of fused-ring (bicyclic) bond motifs is 1. The molecule has 4 nitrogen and oxygen atoms in total. The molecule has 0 bridgehead atoms. The van der Waals surface area contributed by atoms with Crippen LogP contribution in [-0.4, -0.2) is 24.7 Å². The summed E-state index contributed by atoms with van der Waals surface area (Å²) in [6, 6.07) is 3.90. The van der Waals surface area contributed by atoms with E-state index in [1.54, 1.807) is 11.3 Å². The molecule has 0 spiro atoms. The Balaban J connectivity index is 1.56. The third kappa shape index (κ3) is 3.23. The van der Waals surface area contributed by atoms with Crippen molar-refractivity contribution in [3.8, 4) is 11.5 Å². The lowest BCUT2D eigenvalue weighted by atomic mass is 10.2. The van der Waals surface area contributed by atoms with Gasteiger partial charge in [0.25, 0.3) is 0 Å². The fourth-order valence-electron chi connectivity index (χ4n) is 2.08. The molecule has 1 aliphatic heterocycles. The number of nitrogens with one attached hydrogen (secondary N) is 1. The van der Waals surface area contributed by atoms with Crippen LogP contribution < -0.4 is 14.8 Å². The summed E-state index contributed by atoms with van der Waals surface area (Å²) in [5, 5.41) is 6.07. The highest BCUT2D eigenvalue weighted by atomic mass is 35.5. The third-order valence-electron chi connectivity index (χ3n) is 3.03. The van der Waals surface area contributed by atoms with Gasteiger partial charge in [0.1, 0.15) is 13.2 Å². The van der Waals surface area contributed by atoms with Gasteiger partial charge in [0, 0.05) is 24.9 Å². The topological polar surface area (TPSA) is 43.4 Å². The van der Waals surface area contributed by atoms with Crippen LogP contribution in [0.15, 0.2) is 23.0 Å². The molecule has 0 aliphatic carbocycles. The molecule has 3 rings (SSSR count). The highest BCUT2D eigenvalue weighted by Crippen LogP contribution is 2.38. The van der Waals surface area contributed by atoms with Crippen molar-refractivity contribution >= 4 is 22.9 Å². The van der Waals surface area contributed by atoms with Crippen LogP contribution in [0.1, 0.15) is 11.3 Å². The Morgan fingerprint density at radius 1 is 1.30 bits per heavy atom. The van der Waals surface area contributed by atoms with Gasteiger partial charge < -0.3 is 14.8 Å². The number of hydrogen-bond acceptors (Lipinski definition) is 5. The lowest BCUT2D eigenvalue weighted by Crippen LogP contribution is -2.18. The van der Waals surface area contributed by atoms with Gasteiger partial charge in [-0.05, 0) is 17.7 Å². The van der Waals surface area contributed by atoms with Crippen molar-refractivity contribution in [2.75, 3.05) is 19.8 Å². The van der Waals surface area contributed by atoms with Gasteiger partial charge in [-0.1, -0.05) is 11.6 Å². The minimum Gasteiger partial charge on any atom is -0.486 e. The number of halogens is 1. The highest BCUT2D eigenvalue weighted by molar-refractivity contribution is 7.07. The van der Waals surface area contributed by atoms with Crippen LogP contribution in [0.3, 0.4) is 0 Å². The maximum Gasteiger partial charge on any atom is 0.179 e. The summed E-state index contributed by atoms with van der Waals surface area (Å²) in [6.45, 7) is 2.76. The Labute approximate surface area is 126 Å². The summed E-state index contributed by atoms with van der Waals surface area (Å²) in [4.78, 5) is 4.25. The molecule has 1 aliphatic rings. The molecule has 0 saturated carbocycles. The van der Waals surface area contributed by atoms with E-state index in [0.29, 0.717) is 24.0 Å². The maximum atomic E-state index is 6.20. The van der Waals surface area contributed by atoms with Crippen LogP contribution in [0.5, 0.6) is 11.5 Å². The first-order valence-corrected chi connectivity index (χ1v) is 7.81. The zero-order chi connectivity index (χ0) is 13.8. The highest BCUT2D eigenvalue weighted by Gasteiger charge is 2.16. The Bertz CT molecular complexity index is 575. The lowest BCUT2D eigenvalue weighted by molar-refractivity contribution is 0.171. The largest absolute Gasteiger partial charge is 0.486 e. The first-order chi connectivity index (χ1) is 9.83. The third-order valence-corrected chi connectivity index (χ3v) is 3.94. The van der Waals surface area contributed by atoms with Crippen molar-refractivity contribution in [2.24, 2.45) is 0 Å². The second-order valence-corrected chi connectivity index (χ2v) is 5.63. The second-order valence-electron chi connectivity index (χ2n) is 4.51. The molecule has 1 aromatic carbocycles. The van der Waals surface area contributed by atoms with Crippen LogP contribution in [0, 0.1) is 0 Å². The van der Waals surface area contributed by atoms with E-state index < -0.39 is 0 Å². The molecule has 2 aromatic rings. The predicted molar refractivity (Wildman–Crippen MR) is 80.0 cm³/mol. The van der Waals surface area contributed by atoms with E-state index in [4.69, 9.17) is 21.1 Å². The predicted octanol–water partition coefficient (Wildman–Crippen LogP) is 2.90. The van der Waals surface area contributed by atoms with Crippen LogP contribution in [0.25, 0.3) is 0 Å². The summed E-state index contributed by atoms with van der Waals surface area (Å²) >= 11 is 7.82. The summed E-state index contributed by atoms with van der Waals surface area (Å²) in [5.41, 5.74) is 4.08. The summed E-state index contributed by atoms with van der Waals surface area (Å²) < 4.78 is 11.1. The number of aromatic nitrogens is 1. The van der Waals surface area contributed by atoms with Crippen molar-refractivity contribution in [1.82, 2.24) is 10.3 Å². The molecule has 20 heavy (non-hydrogen) atoms. The molecular weight excluding hydrogens is 296 g/mol. The number of benzene rings is 1. The van der Waals surface area contributed by atoms with Gasteiger partial charge in [-0.2, -0.15) is 0 Å². The number of ether oxygens (including phenoxy) is 2. The zero-order valence-electron chi connectivity index (χ0n) is 10.9. The van der Waals surface area contributed by atoms with Gasteiger partial charge in [-0.25, -0.2) is 4.98 Å². The van der Waals surface area contributed by atoms with E-state index in [0.717, 1.165) is 36.5 Å². The molecule has 0 saturated heterocycles. The van der Waals surface area contributed by atoms with Crippen molar-refractivity contribution in [3.05, 3.63) is 39.3 Å². The van der Waals surface area contributed by atoms with E-state index in [-0.39, 0.29) is 0 Å². The van der Waals surface area contributed by atoms with Gasteiger partial charge in [0.15, 0.2) is 11.5 Å². The van der Waals surface area contributed by atoms with Crippen LogP contribution in [0.2, 0.25) is 5.02 Å². The van der Waals surface area contributed by atoms with E-state index in [1.165, 1.54) is 0 Å². The van der Waals surface area contributed by atoms with E-state index >= 15 is 0 Å². The second kappa shape index (κ2) is 6.43. The summed E-state index contributed by atoms with van der Waals surface area (Å²) in [7, 11) is 0. The fraction of sp³-hybridized carbons (Fsp3) is 0.357. The Morgan fingerprint density at radius 2 is 2.20 bits per heavy atom. The van der Waals surface area contributed by atoms with Gasteiger partial charge in [-0.15, -0.1) is 11.3 Å². The van der Waals surface area contributed by atoms with Crippen molar-refractivity contribution in [1.29, 1.82) is 0 Å². The average Bonchev–Trinajstić information content (AvgIpc) is 2.97. The van der Waals surface area contributed by atoms with Crippen LogP contribution >= 0.6 is 22.9 Å². The van der Waals surface area contributed by atoms with Crippen LogP contribution in [-0.2, 0) is 13.0 Å². The molecule has 2 heterocycles. The van der Waals surface area contributed by atoms with E-state index in [9.17, 15) is 0 Å². The Kier molecular flexibility index (Phi) is 4.40. The Morgan fingerprint density at radius 3 is 3.05 bits per heavy atom. The summed E-state index contributed by atoms with van der Waals surface area (Å²) in [5.74, 6) is 1.39. The van der Waals surface area contributed by atoms with Crippen molar-refractivity contribution < 1.29 is 9.47 Å². The molecule has 1 N–H and O–H groups in total. The minimum absolute atomic E-state index is 0.554. The average molecular weight is 311 g/mol. The normalized spacial score (nSPS) is 13.4. The zero-order valence-corrected chi connectivity index (χ0v) is 12.5. The minimum atomic E-state index is 0.554. The van der Waals surface area contributed by atoms with Crippen molar-refractivity contribution in [3.63, 3.8) is 0 Å². The molecule has 0 unspecified atom stereocenters. The van der Waals surface area contributed by atoms with Gasteiger partial charge >= 0.3 is 0 Å². The number of rotatable bonds is 5. The first kappa shape index (κ1) is 13.7. The summed E-state index contributed by atoms with van der Waals surface area (Å²) in [6.07, 6.45) is 0.932. The number of hydrogen-bond donors (Lipinski definition) is 1. The molecular formula is C14H15ClN2O2S. The standard InChI is InChI=1S/C14H15ClN2O2S/c15-12-5-10(6-13-14(12)19-4-3-18-13)7-16-2-1-11-8-20-9-17-11/h5-6,8-9,16H,1-4,7H2. The monoisotopic (exact) mass is 310 g/mol. The quantitative estimate of drug-likeness (QED) is 0.862. The molecule has 0 fully saturated rings. The molecule has 1 aromatic heterocycles. The Hall–Kier alpha value is -1.30. The van der Waals surface area contributed by atoms with E-state index in [1.807, 2.05) is 17.6 Å². The van der Waals surface area contributed by atoms with Crippen molar-refractivity contribution in [2.45, 2.75) is 13.0 Å². The fourth-order valence-corrected chi connectivity index (χ4v) is 2.96.